The Balaban J connectivity index is 2.06. The average molecular weight is 585 g/mol. The monoisotopic (exact) mass is 584 g/mol. The molecule has 1 heterocycles. The molecule has 1 aliphatic rings. The Morgan fingerprint density at radius 1 is 0.905 bits per heavy atom. The van der Waals surface area contributed by atoms with Gasteiger partial charge in [-0.1, -0.05) is 19.9 Å². The molecule has 2 aromatic rings. The van der Waals surface area contributed by atoms with Crippen LogP contribution in [0.5, 0.6) is 34.5 Å². The third kappa shape index (κ3) is 7.74. The minimum atomic E-state index is -0.734. The molecule has 0 fully saturated rings. The molecule has 0 spiro atoms. The Morgan fingerprint density at radius 2 is 1.57 bits per heavy atom. The van der Waals surface area contributed by atoms with E-state index < -0.39 is 23.5 Å². The van der Waals surface area contributed by atoms with E-state index in [0.29, 0.717) is 46.1 Å². The summed E-state index contributed by atoms with van der Waals surface area (Å²) in [5.74, 6) is -0.280. The van der Waals surface area contributed by atoms with E-state index in [1.165, 1.54) is 34.5 Å². The molecule has 0 saturated carbocycles. The molecule has 0 radical (unpaired) electrons. The fourth-order valence-electron chi connectivity index (χ4n) is 4.67. The van der Waals surface area contributed by atoms with Gasteiger partial charge in [-0.05, 0) is 68.5 Å². The number of fused-ring (bicyclic) bond motifs is 1. The number of benzene rings is 2. The van der Waals surface area contributed by atoms with Crippen LogP contribution < -0.4 is 28.4 Å². The molecule has 0 amide bonds. The zero-order valence-corrected chi connectivity index (χ0v) is 25.7. The Kier molecular flexibility index (Phi) is 10.5. The van der Waals surface area contributed by atoms with Crippen LogP contribution in [0.2, 0.25) is 0 Å². The summed E-state index contributed by atoms with van der Waals surface area (Å²) in [5, 5.41) is 0. The molecule has 0 bridgehead atoms. The van der Waals surface area contributed by atoms with Gasteiger partial charge in [-0.25, -0.2) is 0 Å². The van der Waals surface area contributed by atoms with E-state index in [9.17, 15) is 14.4 Å². The zero-order chi connectivity index (χ0) is 31.2. The maximum absolute atomic E-state index is 13.4. The lowest BCUT2D eigenvalue weighted by atomic mass is 9.94. The van der Waals surface area contributed by atoms with Crippen LogP contribution in [0.25, 0.3) is 5.57 Å². The van der Waals surface area contributed by atoms with Gasteiger partial charge in [0, 0.05) is 5.56 Å². The fourth-order valence-corrected chi connectivity index (χ4v) is 4.67. The average Bonchev–Trinajstić information content (AvgIpc) is 3.08. The van der Waals surface area contributed by atoms with E-state index in [4.69, 9.17) is 33.2 Å². The molecule has 42 heavy (non-hydrogen) atoms. The molecule has 2 aromatic carbocycles. The number of ketones is 1. The van der Waals surface area contributed by atoms with Crippen molar-refractivity contribution in [3.05, 3.63) is 41.5 Å². The van der Waals surface area contributed by atoms with Crippen molar-refractivity contribution in [2.24, 2.45) is 11.8 Å². The molecule has 0 aliphatic carbocycles. The van der Waals surface area contributed by atoms with Crippen molar-refractivity contribution < 1.29 is 47.5 Å². The summed E-state index contributed by atoms with van der Waals surface area (Å²) >= 11 is 0. The predicted octanol–water partition coefficient (Wildman–Crippen LogP) is 5.41. The first-order valence-electron chi connectivity index (χ1n) is 13.6. The maximum Gasteiger partial charge on any atom is 0.315 e. The molecule has 1 unspecified atom stereocenters. The van der Waals surface area contributed by atoms with Crippen molar-refractivity contribution in [3.63, 3.8) is 0 Å². The van der Waals surface area contributed by atoms with Crippen LogP contribution in [0.4, 0.5) is 0 Å². The van der Waals surface area contributed by atoms with Crippen molar-refractivity contribution in [1.29, 1.82) is 0 Å². The van der Waals surface area contributed by atoms with Gasteiger partial charge in [0.25, 0.3) is 0 Å². The van der Waals surface area contributed by atoms with Crippen molar-refractivity contribution in [2.45, 2.75) is 53.1 Å². The van der Waals surface area contributed by atoms with E-state index in [2.05, 4.69) is 0 Å². The second-order valence-electron chi connectivity index (χ2n) is 11.2. The highest BCUT2D eigenvalue weighted by atomic mass is 16.6. The van der Waals surface area contributed by atoms with Crippen LogP contribution >= 0.6 is 0 Å². The van der Waals surface area contributed by atoms with E-state index in [0.717, 1.165) is 0 Å². The second-order valence-corrected chi connectivity index (χ2v) is 11.2. The van der Waals surface area contributed by atoms with Crippen LogP contribution in [-0.2, 0) is 19.1 Å². The molecule has 0 N–H and O–H groups in total. The van der Waals surface area contributed by atoms with Gasteiger partial charge < -0.3 is 33.2 Å². The summed E-state index contributed by atoms with van der Waals surface area (Å²) in [6.45, 7) is 9.02. The second kappa shape index (κ2) is 13.6. The number of hydrogen-bond acceptors (Lipinski definition) is 10. The highest BCUT2D eigenvalue weighted by molar-refractivity contribution is 6.04. The Morgan fingerprint density at radius 3 is 2.14 bits per heavy atom. The van der Waals surface area contributed by atoms with E-state index in [-0.39, 0.29) is 36.2 Å². The summed E-state index contributed by atoms with van der Waals surface area (Å²) in [5.41, 5.74) is 0.861. The van der Waals surface area contributed by atoms with Gasteiger partial charge in [-0.15, -0.1) is 0 Å². The van der Waals surface area contributed by atoms with Crippen molar-refractivity contribution >= 4 is 23.3 Å². The highest BCUT2D eigenvalue weighted by Crippen LogP contribution is 2.50. The maximum atomic E-state index is 13.4. The topological polar surface area (TPSA) is 116 Å². The van der Waals surface area contributed by atoms with E-state index in [1.807, 2.05) is 13.8 Å². The summed E-state index contributed by atoms with van der Waals surface area (Å²) in [6.07, 6.45) is 1.75. The SMILES string of the molecule is COc1ccc(C2=CC(=O)COc3c2cc(OC)c(OC)c3OC)cc1OC(=O)C(CC(=O)OC(C)(C)C)CC(C)C. The third-order valence-corrected chi connectivity index (χ3v) is 6.35. The molecule has 10 heteroatoms. The molecule has 0 saturated heterocycles. The quantitative estimate of drug-likeness (QED) is 0.251. The number of hydrogen-bond donors (Lipinski definition) is 0. The first-order chi connectivity index (χ1) is 19.8. The lowest BCUT2D eigenvalue weighted by molar-refractivity contribution is -0.159. The lowest BCUT2D eigenvalue weighted by Crippen LogP contribution is -2.29. The first kappa shape index (κ1) is 32.3. The zero-order valence-electron chi connectivity index (χ0n) is 25.7. The van der Waals surface area contributed by atoms with Gasteiger partial charge in [-0.2, -0.15) is 0 Å². The van der Waals surface area contributed by atoms with Crippen molar-refractivity contribution in [2.75, 3.05) is 35.0 Å². The van der Waals surface area contributed by atoms with Gasteiger partial charge in [-0.3, -0.25) is 14.4 Å². The smallest absolute Gasteiger partial charge is 0.315 e. The number of carbonyl (C=O) groups is 3. The van der Waals surface area contributed by atoms with Crippen LogP contribution in [0.15, 0.2) is 30.3 Å². The fraction of sp³-hybridized carbons (Fsp3) is 0.469. The van der Waals surface area contributed by atoms with Gasteiger partial charge in [0.2, 0.25) is 11.5 Å². The highest BCUT2D eigenvalue weighted by Gasteiger charge is 2.30. The van der Waals surface area contributed by atoms with Gasteiger partial charge >= 0.3 is 11.9 Å². The summed E-state index contributed by atoms with van der Waals surface area (Å²) in [4.78, 5) is 38.8. The van der Waals surface area contributed by atoms with Crippen molar-refractivity contribution in [3.8, 4) is 34.5 Å². The van der Waals surface area contributed by atoms with Gasteiger partial charge in [0.1, 0.15) is 5.60 Å². The largest absolute Gasteiger partial charge is 0.493 e. The molecule has 1 aliphatic heterocycles. The third-order valence-electron chi connectivity index (χ3n) is 6.35. The van der Waals surface area contributed by atoms with Crippen molar-refractivity contribution in [1.82, 2.24) is 0 Å². The van der Waals surface area contributed by atoms with Gasteiger partial charge in [0.15, 0.2) is 35.4 Å². The Labute approximate surface area is 246 Å². The summed E-state index contributed by atoms with van der Waals surface area (Å²) < 4.78 is 39.2. The molecule has 228 valence electrons. The number of rotatable bonds is 11. The molecule has 10 nitrogen and oxygen atoms in total. The summed E-state index contributed by atoms with van der Waals surface area (Å²) in [7, 11) is 5.89. The minimum Gasteiger partial charge on any atom is -0.493 e. The van der Waals surface area contributed by atoms with Gasteiger partial charge in [0.05, 0.1) is 40.8 Å². The molecular formula is C32H40O10. The molecular weight excluding hydrogens is 544 g/mol. The summed E-state index contributed by atoms with van der Waals surface area (Å²) in [6, 6.07) is 6.67. The molecule has 1 atom stereocenters. The standard InChI is InChI=1S/C32H40O10/c1-18(2)12-20(14-27(34)42-32(3,4)5)31(35)41-25-13-19(10-11-24(25)36-6)22-15-21(33)17-40-28-23(22)16-26(37-7)29(38-8)30(28)39-9/h10-11,13,15-16,18,20H,12,14,17H2,1-9H3. The van der Waals surface area contributed by atoms with E-state index in [1.54, 1.807) is 45.0 Å². The molecule has 0 aromatic heterocycles. The predicted molar refractivity (Wildman–Crippen MR) is 156 cm³/mol. The van der Waals surface area contributed by atoms with Crippen LogP contribution in [0.1, 0.15) is 58.6 Å². The normalized spacial score (nSPS) is 13.7. The van der Waals surface area contributed by atoms with E-state index >= 15 is 0 Å². The number of ether oxygens (including phenoxy) is 7. The van der Waals surface area contributed by atoms with Crippen LogP contribution in [-0.4, -0.2) is 58.4 Å². The molecule has 3 rings (SSSR count). The number of esters is 2. The Hall–Kier alpha value is -4.21. The first-order valence-corrected chi connectivity index (χ1v) is 13.6. The van der Waals surface area contributed by atoms with Crippen LogP contribution in [0, 0.1) is 11.8 Å². The minimum absolute atomic E-state index is 0.123. The van der Waals surface area contributed by atoms with Crippen LogP contribution in [0.3, 0.4) is 0 Å². The Bertz CT molecular complexity index is 1350. The number of methoxy groups -OCH3 is 4. The lowest BCUT2D eigenvalue weighted by Gasteiger charge is -2.23. The number of carbonyl (C=O) groups excluding carboxylic acids is 3.